The molecule has 0 amide bonds. The Morgan fingerprint density at radius 1 is 0.545 bits per heavy atom. The third kappa shape index (κ3) is 3.25. The highest BCUT2D eigenvalue weighted by Gasteiger charge is 2.11. The first kappa shape index (κ1) is 16.4. The van der Waals surface area contributed by atoms with E-state index in [1.165, 1.54) is 32.7 Å². The Morgan fingerprint density at radius 2 is 0.818 bits per heavy atom. The third-order valence-corrected chi connectivity index (χ3v) is 4.44. The highest BCUT2D eigenvalue weighted by Crippen LogP contribution is 2.37. The predicted molar refractivity (Wildman–Crippen MR) is 113 cm³/mol. The quantitative estimate of drug-likeness (QED) is 0.285. The van der Waals surface area contributed by atoms with Gasteiger partial charge in [-0.15, -0.1) is 0 Å². The zero-order valence-electron chi connectivity index (χ0n) is 11.3. The van der Waals surface area contributed by atoms with Crippen LogP contribution in [-0.4, -0.2) is 0 Å². The molecule has 0 heterocycles. The molecule has 0 fully saturated rings. The van der Waals surface area contributed by atoms with Crippen LogP contribution in [0.5, 0.6) is 0 Å². The largest absolute Gasteiger partial charge is 0.0616 e. The Bertz CT molecular complexity index is 782. The Morgan fingerprint density at radius 3 is 1.05 bits per heavy atom. The molecule has 0 aromatic heterocycles. The maximum Gasteiger partial charge on any atom is 0.0610 e. The molecule has 0 aliphatic carbocycles. The Balaban J connectivity index is 2.59. The molecular formula is C18H10Br4. The second-order valence-corrected chi connectivity index (χ2v) is 10.3. The topological polar surface area (TPSA) is 0 Å². The lowest BCUT2D eigenvalue weighted by Crippen LogP contribution is -1.88. The number of hydrogen-bond donors (Lipinski definition) is 0. The summed E-state index contributed by atoms with van der Waals surface area (Å²) < 4.78 is 1.86. The van der Waals surface area contributed by atoms with Crippen LogP contribution in [0.2, 0.25) is 0 Å². The molecule has 0 bridgehead atoms. The monoisotopic (exact) mass is 542 g/mol. The summed E-state index contributed by atoms with van der Waals surface area (Å²) in [6.45, 7) is 0. The second kappa shape index (κ2) is 7.00. The molecule has 0 nitrogen and oxygen atoms in total. The van der Waals surface area contributed by atoms with Crippen molar-refractivity contribution in [2.75, 3.05) is 0 Å². The highest BCUT2D eigenvalue weighted by atomic mass is 79.9. The fourth-order valence-electron chi connectivity index (χ4n) is 2.73. The fraction of sp³-hybridized carbons (Fsp3) is 0. The van der Waals surface area contributed by atoms with Crippen LogP contribution in [0.4, 0.5) is 0 Å². The van der Waals surface area contributed by atoms with E-state index >= 15 is 0 Å². The number of rotatable bonds is 2. The van der Waals surface area contributed by atoms with Gasteiger partial charge in [0.25, 0.3) is 0 Å². The molecular weight excluding hydrogens is 536 g/mol. The van der Waals surface area contributed by atoms with E-state index in [9.17, 15) is 0 Å². The lowest BCUT2D eigenvalue weighted by Gasteiger charge is -2.13. The first-order valence-corrected chi connectivity index (χ1v) is 9.74. The van der Waals surface area contributed by atoms with Gasteiger partial charge in [0.1, 0.15) is 0 Å². The summed E-state index contributed by atoms with van der Waals surface area (Å²) in [5.41, 5.74) is 2.41. The maximum atomic E-state index is 3.49. The van der Waals surface area contributed by atoms with E-state index in [0.29, 0.717) is 0 Å². The van der Waals surface area contributed by atoms with Crippen LogP contribution in [0.25, 0.3) is 33.7 Å². The van der Waals surface area contributed by atoms with Gasteiger partial charge in [-0.3, -0.25) is 0 Å². The van der Waals surface area contributed by atoms with Gasteiger partial charge in [-0.1, -0.05) is 48.5 Å². The van der Waals surface area contributed by atoms with E-state index in [4.69, 9.17) is 0 Å². The fourth-order valence-corrected chi connectivity index (χ4v) is 3.64. The molecule has 0 spiro atoms. The van der Waals surface area contributed by atoms with Gasteiger partial charge in [-0.2, -0.15) is 0 Å². The van der Waals surface area contributed by atoms with Gasteiger partial charge in [-0.25, -0.2) is 0 Å². The smallest absolute Gasteiger partial charge is 0.0610 e. The first-order chi connectivity index (χ1) is 10.6. The maximum absolute atomic E-state index is 3.49. The van der Waals surface area contributed by atoms with Gasteiger partial charge in [0, 0.05) is 0 Å². The van der Waals surface area contributed by atoms with Gasteiger partial charge in [0.05, 0.1) is 6.78 Å². The zero-order valence-corrected chi connectivity index (χ0v) is 17.6. The molecule has 0 N–H and O–H groups in total. The normalized spacial score (nSPS) is 10.7. The van der Waals surface area contributed by atoms with Crippen LogP contribution < -0.4 is 0 Å². The van der Waals surface area contributed by atoms with Crippen LogP contribution in [0, 0.1) is 0 Å². The summed E-state index contributed by atoms with van der Waals surface area (Å²) >= 11 is 14.0. The van der Waals surface area contributed by atoms with Crippen molar-refractivity contribution in [1.29, 1.82) is 0 Å². The van der Waals surface area contributed by atoms with Crippen molar-refractivity contribution >= 4 is 97.4 Å². The van der Waals surface area contributed by atoms with E-state index in [1.807, 2.05) is 0 Å². The van der Waals surface area contributed by atoms with Crippen LogP contribution in [0.3, 0.4) is 0 Å². The summed E-state index contributed by atoms with van der Waals surface area (Å²) in [6, 6.07) is 17.0. The van der Waals surface area contributed by atoms with Gasteiger partial charge in [-0.05, 0) is 109 Å². The molecule has 0 atom stereocenters. The van der Waals surface area contributed by atoms with Gasteiger partial charge in [0.2, 0.25) is 0 Å². The molecule has 0 saturated carbocycles. The van der Waals surface area contributed by atoms with Gasteiger partial charge in [0.15, 0.2) is 0 Å². The number of benzene rings is 3. The molecule has 22 heavy (non-hydrogen) atoms. The number of halogens is 4. The minimum Gasteiger partial charge on any atom is -0.0616 e. The van der Waals surface area contributed by atoms with Crippen molar-refractivity contribution < 1.29 is 0 Å². The van der Waals surface area contributed by atoms with E-state index < -0.39 is 0 Å². The van der Waals surface area contributed by atoms with E-state index in [1.54, 1.807) is 0 Å². The standard InChI is InChI=1S/C18H10Br4/c19-17(20)9-15-11-5-1-2-6-12(11)16(10-18(21)22)14-8-4-3-7-13(14)15/h1-10H. The second-order valence-electron chi connectivity index (χ2n) is 4.79. The van der Waals surface area contributed by atoms with Crippen molar-refractivity contribution in [3.05, 3.63) is 66.4 Å². The zero-order chi connectivity index (χ0) is 15.7. The Labute approximate surface area is 162 Å². The first-order valence-electron chi connectivity index (χ1n) is 6.57. The van der Waals surface area contributed by atoms with Crippen molar-refractivity contribution in [2.24, 2.45) is 0 Å². The van der Waals surface area contributed by atoms with Crippen LogP contribution in [0.15, 0.2) is 55.3 Å². The third-order valence-electron chi connectivity index (χ3n) is 3.52. The molecule has 0 aliphatic heterocycles. The Hall–Kier alpha value is -0.420. The van der Waals surface area contributed by atoms with Crippen molar-refractivity contribution in [3.63, 3.8) is 0 Å². The van der Waals surface area contributed by atoms with E-state index in [0.717, 1.165) is 6.78 Å². The van der Waals surface area contributed by atoms with Crippen molar-refractivity contribution in [2.45, 2.75) is 0 Å². The molecule has 110 valence electrons. The molecule has 0 radical (unpaired) electrons. The summed E-state index contributed by atoms with van der Waals surface area (Å²) in [5.74, 6) is 0. The average Bonchev–Trinajstić information content (AvgIpc) is 2.50. The minimum absolute atomic E-state index is 0.931. The highest BCUT2D eigenvalue weighted by molar-refractivity contribution is 9.28. The lowest BCUT2D eigenvalue weighted by molar-refractivity contribution is 1.72. The Kier molecular flexibility index (Phi) is 5.23. The number of fused-ring (bicyclic) bond motifs is 2. The van der Waals surface area contributed by atoms with Crippen LogP contribution in [0.1, 0.15) is 11.1 Å². The molecule has 0 aliphatic rings. The predicted octanol–water partition coefficient (Wildman–Crippen LogP) is 8.17. The molecule has 3 aromatic carbocycles. The van der Waals surface area contributed by atoms with Crippen LogP contribution >= 0.6 is 63.7 Å². The van der Waals surface area contributed by atoms with Gasteiger partial charge >= 0.3 is 0 Å². The minimum atomic E-state index is 0.931. The molecule has 0 unspecified atom stereocenters. The molecule has 4 heteroatoms. The summed E-state index contributed by atoms with van der Waals surface area (Å²) in [7, 11) is 0. The SMILES string of the molecule is BrC(Br)=Cc1c2ccccc2c(C=C(Br)Br)c2ccccc12. The van der Waals surface area contributed by atoms with Crippen molar-refractivity contribution in [3.8, 4) is 0 Å². The van der Waals surface area contributed by atoms with E-state index in [-0.39, 0.29) is 0 Å². The summed E-state index contributed by atoms with van der Waals surface area (Å²) in [6.07, 6.45) is 4.22. The molecule has 3 rings (SSSR count). The van der Waals surface area contributed by atoms with Crippen molar-refractivity contribution in [1.82, 2.24) is 0 Å². The lowest BCUT2D eigenvalue weighted by atomic mass is 9.92. The van der Waals surface area contributed by atoms with Gasteiger partial charge < -0.3 is 0 Å². The molecule has 0 saturated heterocycles. The molecule has 3 aromatic rings. The number of hydrogen-bond acceptors (Lipinski definition) is 0. The summed E-state index contributed by atoms with van der Waals surface area (Å²) in [5, 5.41) is 4.91. The van der Waals surface area contributed by atoms with E-state index in [2.05, 4.69) is 124 Å². The van der Waals surface area contributed by atoms with Crippen LogP contribution in [-0.2, 0) is 0 Å². The average molecular weight is 546 g/mol. The summed E-state index contributed by atoms with van der Waals surface area (Å²) in [4.78, 5) is 0.